The van der Waals surface area contributed by atoms with E-state index in [1.807, 2.05) is 36.2 Å². The molecule has 0 N–H and O–H groups in total. The highest BCUT2D eigenvalue weighted by atomic mass is 16.5. The first-order valence-electron chi connectivity index (χ1n) is 7.63. The number of carbonyl (C=O) groups excluding carboxylic acids is 1. The third kappa shape index (κ3) is 2.77. The van der Waals surface area contributed by atoms with E-state index >= 15 is 0 Å². The lowest BCUT2D eigenvalue weighted by atomic mass is 10.1. The lowest BCUT2D eigenvalue weighted by molar-refractivity contribution is 0.0730. The Labute approximate surface area is 131 Å². The van der Waals surface area contributed by atoms with E-state index in [-0.39, 0.29) is 11.9 Å². The van der Waals surface area contributed by atoms with Gasteiger partial charge in [0.05, 0.1) is 12.6 Å². The summed E-state index contributed by atoms with van der Waals surface area (Å²) in [5, 5.41) is 0. The van der Waals surface area contributed by atoms with Gasteiger partial charge >= 0.3 is 0 Å². The lowest BCUT2D eigenvalue weighted by Crippen LogP contribution is -2.30. The Morgan fingerprint density at radius 1 is 1.18 bits per heavy atom. The molecule has 0 saturated heterocycles. The van der Waals surface area contributed by atoms with Crippen LogP contribution in [-0.2, 0) is 17.8 Å². The summed E-state index contributed by atoms with van der Waals surface area (Å²) in [6.45, 7) is 0.570. The van der Waals surface area contributed by atoms with Crippen molar-refractivity contribution in [1.29, 1.82) is 0 Å². The molecule has 3 nitrogen and oxygen atoms in total. The zero-order chi connectivity index (χ0) is 15.5. The second kappa shape index (κ2) is 6.32. The summed E-state index contributed by atoms with van der Waals surface area (Å²) < 4.78 is 5.10. The molecule has 1 aliphatic rings. The van der Waals surface area contributed by atoms with Gasteiger partial charge in [-0.15, -0.1) is 0 Å². The average Bonchev–Trinajstić information content (AvgIpc) is 2.98. The fraction of sp³-hybridized carbons (Fsp3) is 0.316. The fourth-order valence-electron chi connectivity index (χ4n) is 3.19. The molecule has 1 atom stereocenters. The second-order valence-electron chi connectivity index (χ2n) is 5.80. The smallest absolute Gasteiger partial charge is 0.254 e. The fourth-order valence-corrected chi connectivity index (χ4v) is 3.19. The summed E-state index contributed by atoms with van der Waals surface area (Å²) in [7, 11) is 3.57. The van der Waals surface area contributed by atoms with Crippen molar-refractivity contribution in [2.45, 2.75) is 25.5 Å². The van der Waals surface area contributed by atoms with E-state index in [1.54, 1.807) is 7.11 Å². The minimum absolute atomic E-state index is 0.0747. The molecule has 1 aliphatic carbocycles. The molecule has 22 heavy (non-hydrogen) atoms. The zero-order valence-electron chi connectivity index (χ0n) is 13.1. The number of carbonyl (C=O) groups is 1. The van der Waals surface area contributed by atoms with Crippen LogP contribution in [0.1, 0.15) is 39.5 Å². The Kier molecular flexibility index (Phi) is 4.25. The predicted octanol–water partition coefficient (Wildman–Crippen LogP) is 3.59. The highest BCUT2D eigenvalue weighted by Crippen LogP contribution is 2.35. The average molecular weight is 295 g/mol. The van der Waals surface area contributed by atoms with Gasteiger partial charge in [0, 0.05) is 19.7 Å². The normalized spacial score (nSPS) is 16.4. The molecule has 0 heterocycles. The van der Waals surface area contributed by atoms with Gasteiger partial charge in [0.2, 0.25) is 0 Å². The Bertz CT molecular complexity index is 663. The second-order valence-corrected chi connectivity index (χ2v) is 5.80. The third-order valence-corrected chi connectivity index (χ3v) is 4.40. The van der Waals surface area contributed by atoms with Gasteiger partial charge < -0.3 is 9.64 Å². The lowest BCUT2D eigenvalue weighted by Gasteiger charge is -2.25. The van der Waals surface area contributed by atoms with Crippen LogP contribution >= 0.6 is 0 Å². The summed E-state index contributed by atoms with van der Waals surface area (Å²) in [6, 6.07) is 16.3. The first kappa shape index (κ1) is 14.8. The number of nitrogens with zero attached hydrogens (tertiary/aromatic N) is 1. The van der Waals surface area contributed by atoms with E-state index in [9.17, 15) is 4.79 Å². The van der Waals surface area contributed by atoms with Crippen molar-refractivity contribution in [2.24, 2.45) is 0 Å². The zero-order valence-corrected chi connectivity index (χ0v) is 13.1. The van der Waals surface area contributed by atoms with Gasteiger partial charge in [-0.1, -0.05) is 36.4 Å². The van der Waals surface area contributed by atoms with Crippen LogP contribution in [0.4, 0.5) is 0 Å². The Balaban J connectivity index is 1.78. The molecule has 0 fully saturated rings. The molecular formula is C19H21NO2. The van der Waals surface area contributed by atoms with E-state index in [1.165, 1.54) is 11.1 Å². The molecule has 0 spiro atoms. The predicted molar refractivity (Wildman–Crippen MR) is 86.8 cm³/mol. The molecular weight excluding hydrogens is 274 g/mol. The van der Waals surface area contributed by atoms with Crippen LogP contribution < -0.4 is 0 Å². The minimum atomic E-state index is 0.0747. The van der Waals surface area contributed by atoms with Gasteiger partial charge in [0.15, 0.2) is 0 Å². The molecule has 3 heteroatoms. The van der Waals surface area contributed by atoms with Crippen molar-refractivity contribution in [2.75, 3.05) is 14.2 Å². The van der Waals surface area contributed by atoms with Gasteiger partial charge in [-0.3, -0.25) is 4.79 Å². The quantitative estimate of drug-likeness (QED) is 0.862. The van der Waals surface area contributed by atoms with Crippen LogP contribution in [0, 0.1) is 0 Å². The molecule has 2 aromatic rings. The van der Waals surface area contributed by atoms with Crippen LogP contribution in [0.25, 0.3) is 0 Å². The summed E-state index contributed by atoms with van der Waals surface area (Å²) in [4.78, 5) is 14.6. The van der Waals surface area contributed by atoms with Crippen molar-refractivity contribution in [3.8, 4) is 0 Å². The number of rotatable bonds is 4. The summed E-state index contributed by atoms with van der Waals surface area (Å²) in [5.74, 6) is 0.0747. The minimum Gasteiger partial charge on any atom is -0.380 e. The monoisotopic (exact) mass is 295 g/mol. The van der Waals surface area contributed by atoms with E-state index in [2.05, 4.69) is 24.3 Å². The molecule has 0 aromatic heterocycles. The number of ether oxygens (including phenoxy) is 1. The molecule has 1 unspecified atom stereocenters. The number of amides is 1. The Hall–Kier alpha value is -2.13. The molecule has 114 valence electrons. The highest BCUT2D eigenvalue weighted by Gasteiger charge is 2.28. The van der Waals surface area contributed by atoms with Crippen LogP contribution in [0.2, 0.25) is 0 Å². The van der Waals surface area contributed by atoms with Crippen LogP contribution in [0.3, 0.4) is 0 Å². The van der Waals surface area contributed by atoms with Gasteiger partial charge in [0.1, 0.15) is 0 Å². The molecule has 2 aromatic carbocycles. The van der Waals surface area contributed by atoms with E-state index < -0.39 is 0 Å². The maximum atomic E-state index is 12.7. The number of aryl methyl sites for hydroxylation is 1. The molecule has 0 bridgehead atoms. The highest BCUT2D eigenvalue weighted by molar-refractivity contribution is 5.94. The topological polar surface area (TPSA) is 29.5 Å². The van der Waals surface area contributed by atoms with Crippen LogP contribution in [0.15, 0.2) is 48.5 Å². The van der Waals surface area contributed by atoms with Crippen molar-refractivity contribution < 1.29 is 9.53 Å². The van der Waals surface area contributed by atoms with Crippen LogP contribution in [0.5, 0.6) is 0 Å². The first-order chi connectivity index (χ1) is 10.7. The van der Waals surface area contributed by atoms with Gasteiger partial charge in [0.25, 0.3) is 5.91 Å². The molecule has 1 amide bonds. The third-order valence-electron chi connectivity index (χ3n) is 4.40. The number of methoxy groups -OCH3 is 1. The Morgan fingerprint density at radius 2 is 1.91 bits per heavy atom. The Morgan fingerprint density at radius 3 is 2.64 bits per heavy atom. The molecule has 3 rings (SSSR count). The van der Waals surface area contributed by atoms with Crippen molar-refractivity contribution >= 4 is 5.91 Å². The SMILES string of the molecule is COCc1ccc(C(=O)N(C)C2CCc3ccccc32)cc1. The summed E-state index contributed by atoms with van der Waals surface area (Å²) in [6.07, 6.45) is 2.05. The van der Waals surface area contributed by atoms with Gasteiger partial charge in [-0.05, 0) is 41.7 Å². The van der Waals surface area contributed by atoms with Crippen molar-refractivity contribution in [3.05, 3.63) is 70.8 Å². The van der Waals surface area contributed by atoms with E-state index in [0.29, 0.717) is 6.61 Å². The summed E-state index contributed by atoms with van der Waals surface area (Å²) in [5.41, 5.74) is 4.46. The maximum absolute atomic E-state index is 12.7. The number of benzene rings is 2. The standard InChI is InChI=1S/C19H21NO2/c1-20(18-12-11-15-5-3-4-6-17(15)18)19(21)16-9-7-14(8-10-16)13-22-2/h3-10,18H,11-13H2,1-2H3. The van der Waals surface area contributed by atoms with E-state index in [4.69, 9.17) is 4.74 Å². The van der Waals surface area contributed by atoms with Gasteiger partial charge in [-0.25, -0.2) is 0 Å². The molecule has 0 radical (unpaired) electrons. The number of hydrogen-bond donors (Lipinski definition) is 0. The first-order valence-corrected chi connectivity index (χ1v) is 7.63. The van der Waals surface area contributed by atoms with Crippen molar-refractivity contribution in [3.63, 3.8) is 0 Å². The number of hydrogen-bond acceptors (Lipinski definition) is 2. The molecule has 0 aliphatic heterocycles. The van der Waals surface area contributed by atoms with Crippen LogP contribution in [-0.4, -0.2) is 25.0 Å². The van der Waals surface area contributed by atoms with Crippen molar-refractivity contribution in [1.82, 2.24) is 4.90 Å². The molecule has 0 saturated carbocycles. The van der Waals surface area contributed by atoms with E-state index in [0.717, 1.165) is 24.0 Å². The van der Waals surface area contributed by atoms with Gasteiger partial charge in [-0.2, -0.15) is 0 Å². The number of fused-ring (bicyclic) bond motifs is 1. The maximum Gasteiger partial charge on any atom is 0.254 e. The largest absolute Gasteiger partial charge is 0.380 e. The summed E-state index contributed by atoms with van der Waals surface area (Å²) >= 11 is 0.